The molecule has 0 aliphatic rings. The molecule has 3 heteroatoms. The normalized spacial score (nSPS) is 12.4. The molecule has 0 fully saturated rings. The number of hydrogen-bond donors (Lipinski definition) is 1. The summed E-state index contributed by atoms with van der Waals surface area (Å²) in [6.07, 6.45) is 6.78. The zero-order valence-electron chi connectivity index (χ0n) is 10.4. The molecule has 3 nitrogen and oxygen atoms in total. The number of anilines is 1. The zero-order valence-corrected chi connectivity index (χ0v) is 10.4. The van der Waals surface area contributed by atoms with Gasteiger partial charge in [-0.2, -0.15) is 0 Å². The Labute approximate surface area is 103 Å². The summed E-state index contributed by atoms with van der Waals surface area (Å²) in [5.41, 5.74) is 2.30. The van der Waals surface area contributed by atoms with Gasteiger partial charge < -0.3 is 9.88 Å². The topological polar surface area (TPSA) is 29.9 Å². The van der Waals surface area contributed by atoms with Gasteiger partial charge in [-0.25, -0.2) is 4.98 Å². The maximum absolute atomic E-state index is 4.09. The van der Waals surface area contributed by atoms with Gasteiger partial charge in [0.05, 0.1) is 17.7 Å². The van der Waals surface area contributed by atoms with Crippen molar-refractivity contribution in [3.63, 3.8) is 0 Å². The van der Waals surface area contributed by atoms with Crippen molar-refractivity contribution in [1.82, 2.24) is 9.55 Å². The van der Waals surface area contributed by atoms with E-state index < -0.39 is 0 Å². The standard InChI is InChI=1S/C14H19N3/c1-3-12(2)10-16-13-6-4-5-7-14(13)17-9-8-15-11-17/h4-9,11-12,16H,3,10H2,1-2H3. The van der Waals surface area contributed by atoms with E-state index in [1.54, 1.807) is 6.20 Å². The minimum Gasteiger partial charge on any atom is -0.383 e. The Balaban J connectivity index is 2.17. The summed E-state index contributed by atoms with van der Waals surface area (Å²) in [6, 6.07) is 8.31. The first-order valence-electron chi connectivity index (χ1n) is 6.12. The van der Waals surface area contributed by atoms with Crippen molar-refractivity contribution in [3.05, 3.63) is 43.0 Å². The van der Waals surface area contributed by atoms with Gasteiger partial charge in [0.15, 0.2) is 0 Å². The fraction of sp³-hybridized carbons (Fsp3) is 0.357. The van der Waals surface area contributed by atoms with Crippen LogP contribution in [0.25, 0.3) is 5.69 Å². The van der Waals surface area contributed by atoms with Crippen LogP contribution in [0.4, 0.5) is 5.69 Å². The average Bonchev–Trinajstić information content (AvgIpc) is 2.90. The van der Waals surface area contributed by atoms with Crippen LogP contribution in [0.3, 0.4) is 0 Å². The van der Waals surface area contributed by atoms with Gasteiger partial charge >= 0.3 is 0 Å². The van der Waals surface area contributed by atoms with Crippen molar-refractivity contribution in [3.8, 4) is 5.69 Å². The van der Waals surface area contributed by atoms with Gasteiger partial charge in [0.25, 0.3) is 0 Å². The Morgan fingerprint density at radius 3 is 2.88 bits per heavy atom. The molecular formula is C14H19N3. The second-order valence-corrected chi connectivity index (χ2v) is 4.38. The van der Waals surface area contributed by atoms with E-state index in [1.807, 2.05) is 23.2 Å². The Hall–Kier alpha value is -1.77. The van der Waals surface area contributed by atoms with Gasteiger partial charge in [-0.3, -0.25) is 0 Å². The summed E-state index contributed by atoms with van der Waals surface area (Å²) >= 11 is 0. The quantitative estimate of drug-likeness (QED) is 0.852. The van der Waals surface area contributed by atoms with Crippen molar-refractivity contribution < 1.29 is 0 Å². The SMILES string of the molecule is CCC(C)CNc1ccccc1-n1ccnc1. The summed E-state index contributed by atoms with van der Waals surface area (Å²) in [5, 5.41) is 3.50. The number of hydrogen-bond acceptors (Lipinski definition) is 2. The van der Waals surface area contributed by atoms with Gasteiger partial charge in [-0.1, -0.05) is 32.4 Å². The van der Waals surface area contributed by atoms with Gasteiger partial charge in [0.1, 0.15) is 0 Å². The van der Waals surface area contributed by atoms with Gasteiger partial charge in [0.2, 0.25) is 0 Å². The van der Waals surface area contributed by atoms with Crippen LogP contribution in [0, 0.1) is 5.92 Å². The van der Waals surface area contributed by atoms with E-state index in [0.29, 0.717) is 5.92 Å². The Bertz CT molecular complexity index is 448. The van der Waals surface area contributed by atoms with Crippen molar-refractivity contribution in [2.75, 3.05) is 11.9 Å². The highest BCUT2D eigenvalue weighted by Gasteiger charge is 2.04. The van der Waals surface area contributed by atoms with E-state index in [9.17, 15) is 0 Å². The lowest BCUT2D eigenvalue weighted by atomic mass is 10.1. The number of para-hydroxylation sites is 2. The third kappa shape index (κ3) is 2.87. The predicted molar refractivity (Wildman–Crippen MR) is 71.5 cm³/mol. The summed E-state index contributed by atoms with van der Waals surface area (Å²) in [5.74, 6) is 0.686. The van der Waals surface area contributed by atoms with Crippen LogP contribution < -0.4 is 5.32 Å². The molecule has 1 aromatic heterocycles. The molecule has 2 aromatic rings. The Kier molecular flexibility index (Phi) is 3.81. The van der Waals surface area contributed by atoms with Crippen LogP contribution in [0.1, 0.15) is 20.3 Å². The second-order valence-electron chi connectivity index (χ2n) is 4.38. The minimum absolute atomic E-state index is 0.686. The highest BCUT2D eigenvalue weighted by Crippen LogP contribution is 2.20. The summed E-state index contributed by atoms with van der Waals surface area (Å²) in [6.45, 7) is 5.48. The maximum Gasteiger partial charge on any atom is 0.0992 e. The fourth-order valence-electron chi connectivity index (χ4n) is 1.68. The van der Waals surface area contributed by atoms with E-state index >= 15 is 0 Å². The number of rotatable bonds is 5. The van der Waals surface area contributed by atoms with Crippen LogP contribution >= 0.6 is 0 Å². The number of aromatic nitrogens is 2. The van der Waals surface area contributed by atoms with Crippen LogP contribution in [0.2, 0.25) is 0 Å². The van der Waals surface area contributed by atoms with Crippen LogP contribution in [0.15, 0.2) is 43.0 Å². The van der Waals surface area contributed by atoms with Gasteiger partial charge in [-0.05, 0) is 18.1 Å². The number of benzene rings is 1. The molecule has 1 aromatic carbocycles. The molecule has 1 unspecified atom stereocenters. The highest BCUT2D eigenvalue weighted by atomic mass is 15.1. The molecule has 1 atom stereocenters. The maximum atomic E-state index is 4.09. The zero-order chi connectivity index (χ0) is 12.1. The Morgan fingerprint density at radius 1 is 1.35 bits per heavy atom. The molecular weight excluding hydrogens is 210 g/mol. The van der Waals surface area contributed by atoms with Crippen LogP contribution in [-0.2, 0) is 0 Å². The molecule has 1 heterocycles. The molecule has 0 aliphatic heterocycles. The second kappa shape index (κ2) is 5.53. The van der Waals surface area contributed by atoms with Crippen LogP contribution in [0.5, 0.6) is 0 Å². The van der Waals surface area contributed by atoms with Crippen molar-refractivity contribution in [1.29, 1.82) is 0 Å². The lowest BCUT2D eigenvalue weighted by Crippen LogP contribution is -2.11. The molecule has 1 N–H and O–H groups in total. The van der Waals surface area contributed by atoms with Gasteiger partial charge in [-0.15, -0.1) is 0 Å². The average molecular weight is 229 g/mol. The van der Waals surface area contributed by atoms with Crippen LogP contribution in [-0.4, -0.2) is 16.1 Å². The predicted octanol–water partition coefficient (Wildman–Crippen LogP) is 3.33. The van der Waals surface area contributed by atoms with E-state index in [2.05, 4.69) is 42.3 Å². The summed E-state index contributed by atoms with van der Waals surface area (Å²) in [4.78, 5) is 4.09. The van der Waals surface area contributed by atoms with Crippen molar-refractivity contribution >= 4 is 5.69 Å². The molecule has 90 valence electrons. The number of nitrogens with one attached hydrogen (secondary N) is 1. The molecule has 0 radical (unpaired) electrons. The summed E-state index contributed by atoms with van der Waals surface area (Å²) in [7, 11) is 0. The van der Waals surface area contributed by atoms with Crippen molar-refractivity contribution in [2.24, 2.45) is 5.92 Å². The smallest absolute Gasteiger partial charge is 0.0992 e. The summed E-state index contributed by atoms with van der Waals surface area (Å²) < 4.78 is 2.03. The third-order valence-electron chi connectivity index (χ3n) is 3.02. The molecule has 0 aliphatic carbocycles. The lowest BCUT2D eigenvalue weighted by Gasteiger charge is -2.15. The Morgan fingerprint density at radius 2 is 2.18 bits per heavy atom. The first kappa shape index (κ1) is 11.7. The molecule has 17 heavy (non-hydrogen) atoms. The molecule has 2 rings (SSSR count). The first-order chi connectivity index (χ1) is 8.31. The van der Waals surface area contributed by atoms with Crippen molar-refractivity contribution in [2.45, 2.75) is 20.3 Å². The molecule has 0 amide bonds. The molecule has 0 saturated heterocycles. The third-order valence-corrected chi connectivity index (χ3v) is 3.02. The van der Waals surface area contributed by atoms with E-state index in [4.69, 9.17) is 0 Å². The lowest BCUT2D eigenvalue weighted by molar-refractivity contribution is 0.593. The number of nitrogens with zero attached hydrogens (tertiary/aromatic N) is 2. The minimum atomic E-state index is 0.686. The molecule has 0 saturated carbocycles. The largest absolute Gasteiger partial charge is 0.383 e. The monoisotopic (exact) mass is 229 g/mol. The number of imidazole rings is 1. The van der Waals surface area contributed by atoms with E-state index in [1.165, 1.54) is 6.42 Å². The highest BCUT2D eigenvalue weighted by molar-refractivity contribution is 5.60. The molecule has 0 spiro atoms. The van der Waals surface area contributed by atoms with Gasteiger partial charge in [0, 0.05) is 18.9 Å². The van der Waals surface area contributed by atoms with E-state index in [0.717, 1.165) is 17.9 Å². The fourth-order valence-corrected chi connectivity index (χ4v) is 1.68. The van der Waals surface area contributed by atoms with E-state index in [-0.39, 0.29) is 0 Å². The molecule has 0 bridgehead atoms. The first-order valence-corrected chi connectivity index (χ1v) is 6.12.